The predicted octanol–water partition coefficient (Wildman–Crippen LogP) is 4.42. The number of nitrogens with zero attached hydrogens (tertiary/aromatic N) is 1. The molecule has 0 aliphatic heterocycles. The summed E-state index contributed by atoms with van der Waals surface area (Å²) in [4.78, 5) is 7.83. The molecule has 1 N–H and O–H groups in total. The molecule has 2 nitrogen and oxygen atoms in total. The van der Waals surface area contributed by atoms with Gasteiger partial charge in [0.1, 0.15) is 10.5 Å². The van der Waals surface area contributed by atoms with E-state index in [4.69, 9.17) is 12.2 Å². The van der Waals surface area contributed by atoms with Gasteiger partial charge in [0.25, 0.3) is 0 Å². The lowest BCUT2D eigenvalue weighted by atomic mass is 9.90. The first-order chi connectivity index (χ1) is 7.58. The first-order valence-corrected chi connectivity index (χ1v) is 6.59. The van der Waals surface area contributed by atoms with E-state index >= 15 is 0 Å². The maximum atomic E-state index is 5.23. The summed E-state index contributed by atoms with van der Waals surface area (Å²) in [5.74, 6) is 1.01. The van der Waals surface area contributed by atoms with Crippen molar-refractivity contribution >= 4 is 12.2 Å². The monoisotopic (exact) mass is 252 g/mol. The van der Waals surface area contributed by atoms with Crippen molar-refractivity contribution in [1.82, 2.24) is 9.97 Å². The summed E-state index contributed by atoms with van der Waals surface area (Å²) in [6.45, 7) is 13.3. The van der Waals surface area contributed by atoms with Crippen molar-refractivity contribution < 1.29 is 0 Å². The molecule has 0 spiro atoms. The van der Waals surface area contributed by atoms with Crippen molar-refractivity contribution in [1.29, 1.82) is 0 Å². The molecule has 0 saturated heterocycles. The Morgan fingerprint density at radius 3 is 2.24 bits per heavy atom. The van der Waals surface area contributed by atoms with Crippen molar-refractivity contribution in [3.05, 3.63) is 22.2 Å². The maximum absolute atomic E-state index is 5.23. The molecular formula is C14H24N2S. The van der Waals surface area contributed by atoms with E-state index in [9.17, 15) is 0 Å². The standard InChI is InChI=1S/C14H24N2S/c1-13(2,3)8-7-11-15-10(14(4,5)6)9-12(17)16-11/h9H,7-8H2,1-6H3,(H,15,16,17). The van der Waals surface area contributed by atoms with Crippen LogP contribution < -0.4 is 0 Å². The van der Waals surface area contributed by atoms with Crippen molar-refractivity contribution in [3.63, 3.8) is 0 Å². The van der Waals surface area contributed by atoms with Crippen molar-refractivity contribution in [3.8, 4) is 0 Å². The molecule has 0 aliphatic carbocycles. The summed E-state index contributed by atoms with van der Waals surface area (Å²) in [6, 6.07) is 1.97. The third-order valence-electron chi connectivity index (χ3n) is 2.71. The second kappa shape index (κ2) is 4.89. The van der Waals surface area contributed by atoms with Crippen LogP contribution in [-0.2, 0) is 11.8 Å². The summed E-state index contributed by atoms with van der Waals surface area (Å²) in [5.41, 5.74) is 1.59. The van der Waals surface area contributed by atoms with Crippen LogP contribution in [-0.4, -0.2) is 9.97 Å². The Bertz CT molecular complexity index is 433. The number of aromatic nitrogens is 2. The molecular weight excluding hydrogens is 228 g/mol. The molecule has 1 rings (SSSR count). The van der Waals surface area contributed by atoms with Crippen LogP contribution >= 0.6 is 12.2 Å². The second-order valence-electron chi connectivity index (χ2n) is 6.89. The molecule has 0 bridgehead atoms. The van der Waals surface area contributed by atoms with Crippen LogP contribution in [0, 0.1) is 10.1 Å². The van der Waals surface area contributed by atoms with E-state index in [1.807, 2.05) is 6.07 Å². The molecule has 1 aromatic heterocycles. The fourth-order valence-corrected chi connectivity index (χ4v) is 1.75. The van der Waals surface area contributed by atoms with Gasteiger partial charge in [0.15, 0.2) is 0 Å². The zero-order chi connectivity index (χ0) is 13.3. The van der Waals surface area contributed by atoms with Crippen molar-refractivity contribution in [2.75, 3.05) is 0 Å². The molecule has 0 aromatic carbocycles. The highest BCUT2D eigenvalue weighted by molar-refractivity contribution is 7.71. The molecule has 0 unspecified atom stereocenters. The molecule has 17 heavy (non-hydrogen) atoms. The van der Waals surface area contributed by atoms with Crippen LogP contribution in [0.15, 0.2) is 6.07 Å². The number of hydrogen-bond donors (Lipinski definition) is 1. The molecule has 0 atom stereocenters. The molecule has 0 amide bonds. The van der Waals surface area contributed by atoms with Crippen molar-refractivity contribution in [2.24, 2.45) is 5.41 Å². The summed E-state index contributed by atoms with van der Waals surface area (Å²) in [7, 11) is 0. The highest BCUT2D eigenvalue weighted by atomic mass is 32.1. The van der Waals surface area contributed by atoms with E-state index in [0.717, 1.165) is 18.7 Å². The molecule has 3 heteroatoms. The first-order valence-electron chi connectivity index (χ1n) is 6.19. The van der Waals surface area contributed by atoms with Gasteiger partial charge in [0.2, 0.25) is 0 Å². The molecule has 0 fully saturated rings. The van der Waals surface area contributed by atoms with Crippen molar-refractivity contribution in [2.45, 2.75) is 59.8 Å². The lowest BCUT2D eigenvalue weighted by Gasteiger charge is -2.21. The largest absolute Gasteiger partial charge is 0.347 e. The number of aryl methyl sites for hydroxylation is 1. The fraction of sp³-hybridized carbons (Fsp3) is 0.714. The van der Waals surface area contributed by atoms with E-state index in [-0.39, 0.29) is 5.41 Å². The molecule has 1 heterocycles. The molecule has 0 saturated carbocycles. The zero-order valence-electron chi connectivity index (χ0n) is 11.8. The van der Waals surface area contributed by atoms with Crippen LogP contribution in [0.3, 0.4) is 0 Å². The van der Waals surface area contributed by atoms with Gasteiger partial charge in [-0.1, -0.05) is 53.8 Å². The van der Waals surface area contributed by atoms with Crippen LogP contribution in [0.4, 0.5) is 0 Å². The Labute approximate surface area is 110 Å². The highest BCUT2D eigenvalue weighted by Crippen LogP contribution is 2.23. The maximum Gasteiger partial charge on any atom is 0.130 e. The number of rotatable bonds is 2. The minimum atomic E-state index is 0.0903. The predicted molar refractivity (Wildman–Crippen MR) is 75.9 cm³/mol. The molecule has 96 valence electrons. The van der Waals surface area contributed by atoms with E-state index in [1.54, 1.807) is 0 Å². The third-order valence-corrected chi connectivity index (χ3v) is 2.92. The number of hydrogen-bond acceptors (Lipinski definition) is 2. The second-order valence-corrected chi connectivity index (χ2v) is 7.31. The topological polar surface area (TPSA) is 28.7 Å². The quantitative estimate of drug-likeness (QED) is 0.790. The van der Waals surface area contributed by atoms with Gasteiger partial charge in [-0.25, -0.2) is 4.98 Å². The van der Waals surface area contributed by atoms with E-state index < -0.39 is 0 Å². The minimum Gasteiger partial charge on any atom is -0.347 e. The van der Waals surface area contributed by atoms with Crippen LogP contribution in [0.1, 0.15) is 59.5 Å². The van der Waals surface area contributed by atoms with Gasteiger partial charge in [-0.2, -0.15) is 0 Å². The van der Waals surface area contributed by atoms with Gasteiger partial charge in [0, 0.05) is 17.5 Å². The van der Waals surface area contributed by atoms with Crippen LogP contribution in [0.25, 0.3) is 0 Å². The van der Waals surface area contributed by atoms with E-state index in [2.05, 4.69) is 51.5 Å². The average molecular weight is 252 g/mol. The number of nitrogens with one attached hydrogen (secondary N) is 1. The number of H-pyrrole nitrogens is 1. The third kappa shape index (κ3) is 4.99. The van der Waals surface area contributed by atoms with Crippen LogP contribution in [0.2, 0.25) is 0 Å². The number of aromatic amines is 1. The Morgan fingerprint density at radius 1 is 1.18 bits per heavy atom. The van der Waals surface area contributed by atoms with Gasteiger partial charge in [0.05, 0.1) is 0 Å². The van der Waals surface area contributed by atoms with Gasteiger partial charge in [-0.05, 0) is 17.9 Å². The summed E-state index contributed by atoms with van der Waals surface area (Å²) >= 11 is 5.23. The smallest absolute Gasteiger partial charge is 0.130 e. The molecule has 0 aliphatic rings. The fourth-order valence-electron chi connectivity index (χ4n) is 1.52. The minimum absolute atomic E-state index is 0.0903. The van der Waals surface area contributed by atoms with Gasteiger partial charge in [-0.15, -0.1) is 0 Å². The summed E-state index contributed by atoms with van der Waals surface area (Å²) in [6.07, 6.45) is 2.07. The average Bonchev–Trinajstić information content (AvgIpc) is 2.11. The first kappa shape index (κ1) is 14.4. The Morgan fingerprint density at radius 2 is 1.76 bits per heavy atom. The van der Waals surface area contributed by atoms with E-state index in [0.29, 0.717) is 10.1 Å². The van der Waals surface area contributed by atoms with Gasteiger partial charge in [-0.3, -0.25) is 0 Å². The SMILES string of the molecule is CC(C)(C)CCc1nc(=S)cc(C(C)(C)C)[nH]1. The Hall–Kier alpha value is -0.700. The lowest BCUT2D eigenvalue weighted by molar-refractivity contribution is 0.373. The Balaban J connectivity index is 2.95. The Kier molecular flexibility index (Phi) is 4.13. The summed E-state index contributed by atoms with van der Waals surface area (Å²) in [5, 5.41) is 0. The van der Waals surface area contributed by atoms with Crippen LogP contribution in [0.5, 0.6) is 0 Å². The normalized spacial score (nSPS) is 12.8. The highest BCUT2D eigenvalue weighted by Gasteiger charge is 2.16. The van der Waals surface area contributed by atoms with E-state index in [1.165, 1.54) is 5.69 Å². The van der Waals surface area contributed by atoms with Gasteiger partial charge < -0.3 is 4.98 Å². The lowest BCUT2D eigenvalue weighted by Crippen LogP contribution is -2.16. The molecule has 1 aromatic rings. The molecule has 0 radical (unpaired) electrons. The van der Waals surface area contributed by atoms with Gasteiger partial charge >= 0.3 is 0 Å². The summed E-state index contributed by atoms with van der Waals surface area (Å²) < 4.78 is 0.692. The zero-order valence-corrected chi connectivity index (χ0v) is 12.7.